The molecule has 4 heteroatoms. The van der Waals surface area contributed by atoms with Crippen LogP contribution in [0.4, 0.5) is 4.39 Å². The SMILES string of the molecule is CC(Cc1cc2c(cc1F)OCC2)C(=O)O. The highest BCUT2D eigenvalue weighted by Crippen LogP contribution is 2.29. The van der Waals surface area contributed by atoms with Gasteiger partial charge in [-0.3, -0.25) is 4.79 Å². The summed E-state index contributed by atoms with van der Waals surface area (Å²) in [5.41, 5.74) is 1.42. The summed E-state index contributed by atoms with van der Waals surface area (Å²) in [4.78, 5) is 10.7. The first-order valence-electron chi connectivity index (χ1n) is 5.25. The van der Waals surface area contributed by atoms with Crippen molar-refractivity contribution >= 4 is 5.97 Å². The highest BCUT2D eigenvalue weighted by molar-refractivity contribution is 5.70. The van der Waals surface area contributed by atoms with Gasteiger partial charge in [0.15, 0.2) is 0 Å². The minimum atomic E-state index is -0.906. The summed E-state index contributed by atoms with van der Waals surface area (Å²) in [6.07, 6.45) is 0.985. The molecule has 1 N–H and O–H groups in total. The van der Waals surface area contributed by atoms with Crippen LogP contribution in [-0.2, 0) is 17.6 Å². The Morgan fingerprint density at radius 3 is 3.06 bits per heavy atom. The van der Waals surface area contributed by atoms with Gasteiger partial charge in [0.05, 0.1) is 12.5 Å². The fourth-order valence-electron chi connectivity index (χ4n) is 1.83. The molecule has 0 radical (unpaired) electrons. The lowest BCUT2D eigenvalue weighted by Gasteiger charge is -2.09. The molecule has 86 valence electrons. The number of rotatable bonds is 3. The fourth-order valence-corrected chi connectivity index (χ4v) is 1.83. The molecule has 1 aromatic carbocycles. The zero-order valence-electron chi connectivity index (χ0n) is 9.00. The molecule has 0 amide bonds. The quantitative estimate of drug-likeness (QED) is 0.854. The lowest BCUT2D eigenvalue weighted by atomic mass is 9.98. The van der Waals surface area contributed by atoms with Crippen LogP contribution in [0.15, 0.2) is 12.1 Å². The molecule has 16 heavy (non-hydrogen) atoms. The summed E-state index contributed by atoms with van der Waals surface area (Å²) >= 11 is 0. The molecule has 1 aromatic rings. The average Bonchev–Trinajstić information content (AvgIpc) is 2.65. The van der Waals surface area contributed by atoms with Crippen LogP contribution in [0.2, 0.25) is 0 Å². The molecule has 1 unspecified atom stereocenters. The summed E-state index contributed by atoms with van der Waals surface area (Å²) in [7, 11) is 0. The molecule has 1 aliphatic heterocycles. The van der Waals surface area contributed by atoms with Crippen molar-refractivity contribution in [1.82, 2.24) is 0 Å². The number of fused-ring (bicyclic) bond motifs is 1. The molecule has 0 saturated carbocycles. The molecule has 2 rings (SSSR count). The number of benzene rings is 1. The second kappa shape index (κ2) is 4.12. The second-order valence-electron chi connectivity index (χ2n) is 4.09. The van der Waals surface area contributed by atoms with Crippen molar-refractivity contribution in [2.45, 2.75) is 19.8 Å². The van der Waals surface area contributed by atoms with Crippen LogP contribution in [0, 0.1) is 11.7 Å². The van der Waals surface area contributed by atoms with Crippen LogP contribution in [0.1, 0.15) is 18.1 Å². The van der Waals surface area contributed by atoms with Crippen molar-refractivity contribution in [3.63, 3.8) is 0 Å². The van der Waals surface area contributed by atoms with Crippen LogP contribution in [0.3, 0.4) is 0 Å². The first-order valence-corrected chi connectivity index (χ1v) is 5.25. The van der Waals surface area contributed by atoms with E-state index in [0.717, 1.165) is 12.0 Å². The number of hydrogen-bond acceptors (Lipinski definition) is 2. The van der Waals surface area contributed by atoms with E-state index in [4.69, 9.17) is 9.84 Å². The molecule has 0 saturated heterocycles. The molecule has 1 heterocycles. The van der Waals surface area contributed by atoms with Crippen LogP contribution in [0.25, 0.3) is 0 Å². The van der Waals surface area contributed by atoms with Gasteiger partial charge in [-0.15, -0.1) is 0 Å². The van der Waals surface area contributed by atoms with Crippen molar-refractivity contribution in [3.8, 4) is 5.75 Å². The first-order chi connectivity index (χ1) is 7.58. The van der Waals surface area contributed by atoms with Crippen molar-refractivity contribution in [2.75, 3.05) is 6.61 Å². The van der Waals surface area contributed by atoms with E-state index in [1.165, 1.54) is 6.07 Å². The third kappa shape index (κ3) is 2.01. The topological polar surface area (TPSA) is 46.5 Å². The molecule has 0 bridgehead atoms. The molecule has 3 nitrogen and oxygen atoms in total. The molecule has 0 fully saturated rings. The number of halogens is 1. The van der Waals surface area contributed by atoms with E-state index in [-0.39, 0.29) is 12.2 Å². The van der Waals surface area contributed by atoms with Crippen LogP contribution in [-0.4, -0.2) is 17.7 Å². The van der Waals surface area contributed by atoms with Gasteiger partial charge in [-0.05, 0) is 23.6 Å². The van der Waals surface area contributed by atoms with Gasteiger partial charge in [0, 0.05) is 12.5 Å². The summed E-state index contributed by atoms with van der Waals surface area (Å²) in [6, 6.07) is 3.07. The number of aliphatic carboxylic acids is 1. The average molecular weight is 224 g/mol. The number of carbonyl (C=O) groups is 1. The molecular formula is C12H13FO3. The Morgan fingerprint density at radius 1 is 1.62 bits per heavy atom. The van der Waals surface area contributed by atoms with Crippen molar-refractivity contribution < 1.29 is 19.0 Å². The third-order valence-corrected chi connectivity index (χ3v) is 2.81. The largest absolute Gasteiger partial charge is 0.493 e. The van der Waals surface area contributed by atoms with E-state index < -0.39 is 11.9 Å². The van der Waals surface area contributed by atoms with Gasteiger partial charge >= 0.3 is 5.97 Å². The Kier molecular flexibility index (Phi) is 2.81. The molecular weight excluding hydrogens is 211 g/mol. The number of hydrogen-bond donors (Lipinski definition) is 1. The maximum atomic E-state index is 13.6. The Bertz CT molecular complexity index is 429. The molecule has 0 aliphatic carbocycles. The third-order valence-electron chi connectivity index (χ3n) is 2.81. The smallest absolute Gasteiger partial charge is 0.306 e. The predicted molar refractivity (Wildman–Crippen MR) is 56.1 cm³/mol. The molecule has 1 aliphatic rings. The lowest BCUT2D eigenvalue weighted by Crippen LogP contribution is -2.13. The molecule has 0 spiro atoms. The summed E-state index contributed by atoms with van der Waals surface area (Å²) in [5.74, 6) is -1.27. The van der Waals surface area contributed by atoms with Crippen molar-refractivity contribution in [2.24, 2.45) is 5.92 Å². The van der Waals surface area contributed by atoms with Gasteiger partial charge in [0.2, 0.25) is 0 Å². The summed E-state index contributed by atoms with van der Waals surface area (Å²) in [5, 5.41) is 8.78. The maximum absolute atomic E-state index is 13.6. The van der Waals surface area contributed by atoms with Gasteiger partial charge in [-0.25, -0.2) is 4.39 Å². The van der Waals surface area contributed by atoms with E-state index in [1.807, 2.05) is 0 Å². The van der Waals surface area contributed by atoms with Crippen LogP contribution in [0.5, 0.6) is 5.75 Å². The van der Waals surface area contributed by atoms with Crippen molar-refractivity contribution in [1.29, 1.82) is 0 Å². The van der Waals surface area contributed by atoms with E-state index >= 15 is 0 Å². The van der Waals surface area contributed by atoms with E-state index in [2.05, 4.69) is 0 Å². The zero-order chi connectivity index (χ0) is 11.7. The monoisotopic (exact) mass is 224 g/mol. The summed E-state index contributed by atoms with van der Waals surface area (Å²) in [6.45, 7) is 2.15. The highest BCUT2D eigenvalue weighted by Gasteiger charge is 2.19. The maximum Gasteiger partial charge on any atom is 0.306 e. The number of carboxylic acid groups (broad SMARTS) is 1. The molecule has 0 aromatic heterocycles. The van der Waals surface area contributed by atoms with Gasteiger partial charge in [-0.2, -0.15) is 0 Å². The lowest BCUT2D eigenvalue weighted by molar-refractivity contribution is -0.141. The summed E-state index contributed by atoms with van der Waals surface area (Å²) < 4.78 is 18.8. The van der Waals surface area contributed by atoms with Gasteiger partial charge in [0.25, 0.3) is 0 Å². The van der Waals surface area contributed by atoms with Gasteiger partial charge < -0.3 is 9.84 Å². The minimum Gasteiger partial charge on any atom is -0.493 e. The van der Waals surface area contributed by atoms with Gasteiger partial charge in [0.1, 0.15) is 11.6 Å². The standard InChI is InChI=1S/C12H13FO3/c1-7(12(14)15)4-9-5-8-2-3-16-11(8)6-10(9)13/h5-7H,2-4H2,1H3,(H,14,15). The Labute approximate surface area is 92.9 Å². The fraction of sp³-hybridized carbons (Fsp3) is 0.417. The number of ether oxygens (including phenoxy) is 1. The first kappa shape index (κ1) is 10.9. The van der Waals surface area contributed by atoms with E-state index in [0.29, 0.717) is 17.9 Å². The Morgan fingerprint density at radius 2 is 2.38 bits per heavy atom. The minimum absolute atomic E-state index is 0.217. The highest BCUT2D eigenvalue weighted by atomic mass is 19.1. The Balaban J connectivity index is 2.25. The van der Waals surface area contributed by atoms with E-state index in [9.17, 15) is 9.18 Å². The Hall–Kier alpha value is -1.58. The molecule has 1 atom stereocenters. The zero-order valence-corrected chi connectivity index (χ0v) is 9.00. The second-order valence-corrected chi connectivity index (χ2v) is 4.09. The van der Waals surface area contributed by atoms with Gasteiger partial charge in [-0.1, -0.05) is 6.92 Å². The van der Waals surface area contributed by atoms with Crippen molar-refractivity contribution in [3.05, 3.63) is 29.1 Å². The van der Waals surface area contributed by atoms with Crippen LogP contribution >= 0.6 is 0 Å². The number of carboxylic acids is 1. The normalized spacial score (nSPS) is 15.4. The van der Waals surface area contributed by atoms with Crippen LogP contribution < -0.4 is 4.74 Å². The predicted octanol–water partition coefficient (Wildman–Crippen LogP) is 2.02. The van der Waals surface area contributed by atoms with E-state index in [1.54, 1.807) is 13.0 Å².